The summed E-state index contributed by atoms with van der Waals surface area (Å²) in [6.07, 6.45) is 2.46. The van der Waals surface area contributed by atoms with Gasteiger partial charge < -0.3 is 5.32 Å². The first kappa shape index (κ1) is 16.2. The third-order valence-electron chi connectivity index (χ3n) is 4.17. The summed E-state index contributed by atoms with van der Waals surface area (Å²) in [5, 5.41) is 6.47. The molecule has 1 aliphatic rings. The molecule has 1 fully saturated rings. The molecule has 0 saturated heterocycles. The Hall–Kier alpha value is -1.65. The highest BCUT2D eigenvalue weighted by Crippen LogP contribution is 2.41. The smallest absolute Gasteiger partial charge is 0.241 e. The standard InChI is InChI=1S/C19H21BrN2O/c1-13(19(23)22-17-9-5-8-16(20)12-17)21-18(15-10-11-15)14-6-3-2-4-7-14/h2-9,12-13,15,18,21H,10-11H2,1H3,(H,22,23)/t13-,18-/m1/s1. The number of benzene rings is 2. The minimum absolute atomic E-state index is 0.00955. The summed E-state index contributed by atoms with van der Waals surface area (Å²) < 4.78 is 0.955. The van der Waals surface area contributed by atoms with E-state index in [4.69, 9.17) is 0 Å². The maximum absolute atomic E-state index is 12.4. The van der Waals surface area contributed by atoms with Crippen LogP contribution in [0.4, 0.5) is 5.69 Å². The van der Waals surface area contributed by atoms with E-state index in [2.05, 4.69) is 50.8 Å². The molecule has 0 heterocycles. The molecule has 2 atom stereocenters. The molecule has 4 heteroatoms. The van der Waals surface area contributed by atoms with E-state index in [9.17, 15) is 4.79 Å². The molecule has 2 N–H and O–H groups in total. The highest BCUT2D eigenvalue weighted by molar-refractivity contribution is 9.10. The van der Waals surface area contributed by atoms with Gasteiger partial charge in [-0.25, -0.2) is 0 Å². The SMILES string of the molecule is C[C@@H](N[C@H](c1ccccc1)C1CC1)C(=O)Nc1cccc(Br)c1. The van der Waals surface area contributed by atoms with Crippen molar-refractivity contribution in [2.75, 3.05) is 5.32 Å². The van der Waals surface area contributed by atoms with Crippen LogP contribution in [0.1, 0.15) is 31.4 Å². The highest BCUT2D eigenvalue weighted by atomic mass is 79.9. The molecule has 0 spiro atoms. The number of hydrogen-bond donors (Lipinski definition) is 2. The minimum Gasteiger partial charge on any atom is -0.325 e. The lowest BCUT2D eigenvalue weighted by atomic mass is 10.0. The van der Waals surface area contributed by atoms with Crippen LogP contribution in [-0.4, -0.2) is 11.9 Å². The maximum Gasteiger partial charge on any atom is 0.241 e. The van der Waals surface area contributed by atoms with Crippen molar-refractivity contribution >= 4 is 27.5 Å². The zero-order valence-corrected chi connectivity index (χ0v) is 14.7. The van der Waals surface area contributed by atoms with Crippen molar-refractivity contribution in [3.8, 4) is 0 Å². The predicted molar refractivity (Wildman–Crippen MR) is 97.3 cm³/mol. The summed E-state index contributed by atoms with van der Waals surface area (Å²) in [6.45, 7) is 1.92. The Morgan fingerprint density at radius 1 is 1.13 bits per heavy atom. The van der Waals surface area contributed by atoms with Crippen molar-refractivity contribution in [3.63, 3.8) is 0 Å². The molecule has 0 radical (unpaired) electrons. The van der Waals surface area contributed by atoms with Gasteiger partial charge in [-0.2, -0.15) is 0 Å². The monoisotopic (exact) mass is 372 g/mol. The lowest BCUT2D eigenvalue weighted by Crippen LogP contribution is -2.40. The molecule has 0 aromatic heterocycles. The average molecular weight is 373 g/mol. The number of nitrogens with one attached hydrogen (secondary N) is 2. The fourth-order valence-corrected chi connectivity index (χ4v) is 3.16. The van der Waals surface area contributed by atoms with Gasteiger partial charge in [0.15, 0.2) is 0 Å². The Morgan fingerprint density at radius 3 is 2.52 bits per heavy atom. The van der Waals surface area contributed by atoms with Crippen LogP contribution in [0, 0.1) is 5.92 Å². The summed E-state index contributed by atoms with van der Waals surface area (Å²) in [5.74, 6) is 0.628. The number of amides is 1. The molecule has 3 nitrogen and oxygen atoms in total. The number of hydrogen-bond acceptors (Lipinski definition) is 2. The summed E-state index contributed by atoms with van der Waals surface area (Å²) in [6, 6.07) is 18.0. The topological polar surface area (TPSA) is 41.1 Å². The Morgan fingerprint density at radius 2 is 1.87 bits per heavy atom. The summed E-state index contributed by atoms with van der Waals surface area (Å²) >= 11 is 3.42. The second-order valence-electron chi connectivity index (χ2n) is 6.11. The third kappa shape index (κ3) is 4.43. The number of halogens is 1. The Kier molecular flexibility index (Phi) is 5.13. The Labute approximate surface area is 145 Å². The zero-order chi connectivity index (χ0) is 16.2. The number of anilines is 1. The van der Waals surface area contributed by atoms with Crippen molar-refractivity contribution in [1.82, 2.24) is 5.32 Å². The first-order valence-electron chi connectivity index (χ1n) is 8.01. The fourth-order valence-electron chi connectivity index (χ4n) is 2.76. The van der Waals surface area contributed by atoms with E-state index in [1.54, 1.807) is 0 Å². The Balaban J connectivity index is 1.65. The molecule has 0 unspecified atom stereocenters. The molecule has 120 valence electrons. The fraction of sp³-hybridized carbons (Fsp3) is 0.316. The lowest BCUT2D eigenvalue weighted by Gasteiger charge is -2.23. The van der Waals surface area contributed by atoms with Crippen LogP contribution in [0.5, 0.6) is 0 Å². The molecule has 23 heavy (non-hydrogen) atoms. The second kappa shape index (κ2) is 7.28. The normalized spacial score (nSPS) is 16.6. The van der Waals surface area contributed by atoms with E-state index in [1.807, 2.05) is 37.3 Å². The van der Waals surface area contributed by atoms with Gasteiger partial charge in [-0.1, -0.05) is 52.3 Å². The van der Waals surface area contributed by atoms with Crippen LogP contribution in [-0.2, 0) is 4.79 Å². The second-order valence-corrected chi connectivity index (χ2v) is 7.03. The van der Waals surface area contributed by atoms with Gasteiger partial charge >= 0.3 is 0 Å². The van der Waals surface area contributed by atoms with Crippen LogP contribution in [0.2, 0.25) is 0 Å². The highest BCUT2D eigenvalue weighted by Gasteiger charge is 2.33. The molecule has 3 rings (SSSR count). The first-order chi connectivity index (χ1) is 11.1. The van der Waals surface area contributed by atoms with Crippen molar-refractivity contribution in [3.05, 3.63) is 64.6 Å². The van der Waals surface area contributed by atoms with Crippen LogP contribution in [0.15, 0.2) is 59.1 Å². The number of carbonyl (C=O) groups excluding carboxylic acids is 1. The molecule has 1 saturated carbocycles. The summed E-state index contributed by atoms with van der Waals surface area (Å²) in [5.41, 5.74) is 2.07. The van der Waals surface area contributed by atoms with Crippen molar-refractivity contribution in [1.29, 1.82) is 0 Å². The molecule has 2 aromatic carbocycles. The molecule has 0 bridgehead atoms. The molecule has 1 amide bonds. The van der Waals surface area contributed by atoms with Gasteiger partial charge in [0.2, 0.25) is 5.91 Å². The predicted octanol–water partition coefficient (Wildman–Crippen LogP) is 4.52. The van der Waals surface area contributed by atoms with Gasteiger partial charge in [-0.05, 0) is 49.4 Å². The lowest BCUT2D eigenvalue weighted by molar-refractivity contribution is -0.118. The van der Waals surface area contributed by atoms with Crippen molar-refractivity contribution in [2.24, 2.45) is 5.92 Å². The van der Waals surface area contributed by atoms with Crippen molar-refractivity contribution < 1.29 is 4.79 Å². The van der Waals surface area contributed by atoms with Crippen LogP contribution in [0.25, 0.3) is 0 Å². The zero-order valence-electron chi connectivity index (χ0n) is 13.1. The third-order valence-corrected chi connectivity index (χ3v) is 4.66. The van der Waals surface area contributed by atoms with E-state index >= 15 is 0 Å². The maximum atomic E-state index is 12.4. The summed E-state index contributed by atoms with van der Waals surface area (Å²) in [4.78, 5) is 12.4. The van der Waals surface area contributed by atoms with Gasteiger partial charge in [0.1, 0.15) is 0 Å². The Bertz CT molecular complexity index is 670. The molecule has 0 aliphatic heterocycles. The van der Waals surface area contributed by atoms with E-state index in [-0.39, 0.29) is 18.0 Å². The van der Waals surface area contributed by atoms with Gasteiger partial charge in [0.25, 0.3) is 0 Å². The number of rotatable bonds is 6. The average Bonchev–Trinajstić information content (AvgIpc) is 3.38. The van der Waals surface area contributed by atoms with E-state index < -0.39 is 0 Å². The van der Waals surface area contributed by atoms with E-state index in [1.165, 1.54) is 18.4 Å². The van der Waals surface area contributed by atoms with Crippen LogP contribution >= 0.6 is 15.9 Å². The van der Waals surface area contributed by atoms with Crippen molar-refractivity contribution in [2.45, 2.75) is 31.8 Å². The largest absolute Gasteiger partial charge is 0.325 e. The van der Waals surface area contributed by atoms with E-state index in [0.29, 0.717) is 5.92 Å². The van der Waals surface area contributed by atoms with Crippen LogP contribution in [0.3, 0.4) is 0 Å². The van der Waals surface area contributed by atoms with Crippen LogP contribution < -0.4 is 10.6 Å². The number of carbonyl (C=O) groups is 1. The molecular formula is C19H21BrN2O. The minimum atomic E-state index is -0.250. The molecular weight excluding hydrogens is 352 g/mol. The quantitative estimate of drug-likeness (QED) is 0.782. The van der Waals surface area contributed by atoms with Gasteiger partial charge in [0, 0.05) is 16.2 Å². The van der Waals surface area contributed by atoms with Gasteiger partial charge in [0.05, 0.1) is 6.04 Å². The van der Waals surface area contributed by atoms with Gasteiger partial charge in [-0.15, -0.1) is 0 Å². The molecule has 1 aliphatic carbocycles. The summed E-state index contributed by atoms with van der Waals surface area (Å²) in [7, 11) is 0. The van der Waals surface area contributed by atoms with Gasteiger partial charge in [-0.3, -0.25) is 10.1 Å². The van der Waals surface area contributed by atoms with E-state index in [0.717, 1.165) is 10.2 Å². The first-order valence-corrected chi connectivity index (χ1v) is 8.80. The molecule has 2 aromatic rings.